The van der Waals surface area contributed by atoms with E-state index in [0.29, 0.717) is 0 Å². The summed E-state index contributed by atoms with van der Waals surface area (Å²) in [7, 11) is 0. The molecule has 0 amide bonds. The minimum absolute atomic E-state index is 0.235. The molecule has 0 nitrogen and oxygen atoms in total. The van der Waals surface area contributed by atoms with Crippen LogP contribution in [-0.4, -0.2) is 5.38 Å². The number of thiophene rings is 1. The minimum Gasteiger partial charge on any atom is -0.149 e. The summed E-state index contributed by atoms with van der Waals surface area (Å²) in [5.41, 5.74) is 1.31. The van der Waals surface area contributed by atoms with Gasteiger partial charge in [0.2, 0.25) is 0 Å². The lowest BCUT2D eigenvalue weighted by atomic mass is 10.1. The zero-order valence-corrected chi connectivity index (χ0v) is 13.3. The average Bonchev–Trinajstić information content (AvgIpc) is 2.82. The molecule has 0 fully saturated rings. The molecule has 0 aliphatic heterocycles. The van der Waals surface area contributed by atoms with E-state index in [1.165, 1.54) is 16.9 Å². The van der Waals surface area contributed by atoms with E-state index in [2.05, 4.69) is 51.6 Å². The Kier molecular flexibility index (Phi) is 5.74. The Morgan fingerprint density at radius 2 is 2.11 bits per heavy atom. The van der Waals surface area contributed by atoms with E-state index in [4.69, 9.17) is 11.6 Å². The normalized spacial score (nSPS) is 12.6. The maximum atomic E-state index is 6.40. The topological polar surface area (TPSA) is 0 Å². The number of hydrogen-bond acceptors (Lipinski definition) is 1. The molecular weight excluding hydrogens is 328 g/mol. The second-order valence-electron chi connectivity index (χ2n) is 4.40. The van der Waals surface area contributed by atoms with Crippen molar-refractivity contribution in [3.8, 4) is 0 Å². The van der Waals surface area contributed by atoms with Crippen molar-refractivity contribution in [2.75, 3.05) is 0 Å². The first-order valence-corrected chi connectivity index (χ1v) is 8.26. The summed E-state index contributed by atoms with van der Waals surface area (Å²) < 4.78 is 1.13. The molecule has 0 saturated carbocycles. The predicted octanol–water partition coefficient (Wildman–Crippen LogP) is 5.68. The molecule has 1 unspecified atom stereocenters. The van der Waals surface area contributed by atoms with Gasteiger partial charge in [0.15, 0.2) is 0 Å². The second kappa shape index (κ2) is 7.32. The molecule has 1 atom stereocenters. The highest BCUT2D eigenvalue weighted by Crippen LogP contribution is 2.19. The third-order valence-electron chi connectivity index (χ3n) is 2.87. The Balaban J connectivity index is 1.73. The van der Waals surface area contributed by atoms with Gasteiger partial charge in [-0.15, -0.1) is 22.9 Å². The predicted molar refractivity (Wildman–Crippen MR) is 84.7 cm³/mol. The highest BCUT2D eigenvalue weighted by Gasteiger charge is 2.06. The molecule has 0 N–H and O–H groups in total. The van der Waals surface area contributed by atoms with Gasteiger partial charge in [-0.25, -0.2) is 0 Å². The Morgan fingerprint density at radius 1 is 1.22 bits per heavy atom. The molecule has 0 bridgehead atoms. The van der Waals surface area contributed by atoms with E-state index in [1.54, 1.807) is 0 Å². The Bertz CT molecular complexity index is 467. The number of alkyl halides is 1. The SMILES string of the molecule is ClC(CCCc1cccs1)Cc1cccc(Br)c1. The molecule has 0 saturated heterocycles. The summed E-state index contributed by atoms with van der Waals surface area (Å²) in [5.74, 6) is 0. The van der Waals surface area contributed by atoms with Crippen molar-refractivity contribution < 1.29 is 0 Å². The van der Waals surface area contributed by atoms with Crippen LogP contribution in [0, 0.1) is 0 Å². The lowest BCUT2D eigenvalue weighted by molar-refractivity contribution is 0.690. The van der Waals surface area contributed by atoms with E-state index in [-0.39, 0.29) is 5.38 Å². The van der Waals surface area contributed by atoms with Gasteiger partial charge in [0.05, 0.1) is 0 Å². The van der Waals surface area contributed by atoms with Gasteiger partial charge >= 0.3 is 0 Å². The number of rotatable bonds is 6. The number of halogens is 2. The quantitative estimate of drug-likeness (QED) is 0.592. The van der Waals surface area contributed by atoms with Crippen molar-refractivity contribution in [1.29, 1.82) is 0 Å². The third-order valence-corrected chi connectivity index (χ3v) is 4.67. The van der Waals surface area contributed by atoms with Crippen LogP contribution in [0.5, 0.6) is 0 Å². The van der Waals surface area contributed by atoms with E-state index >= 15 is 0 Å². The molecule has 1 aromatic carbocycles. The Hall–Kier alpha value is -0.310. The first-order valence-electron chi connectivity index (χ1n) is 6.15. The first-order chi connectivity index (χ1) is 8.74. The van der Waals surface area contributed by atoms with Gasteiger partial charge in [0, 0.05) is 14.7 Å². The van der Waals surface area contributed by atoms with E-state index in [1.807, 2.05) is 17.4 Å². The highest BCUT2D eigenvalue weighted by atomic mass is 79.9. The third kappa shape index (κ3) is 4.75. The van der Waals surface area contributed by atoms with Gasteiger partial charge < -0.3 is 0 Å². The molecule has 0 aliphatic carbocycles. The molecule has 2 rings (SSSR count). The van der Waals surface area contributed by atoms with Crippen LogP contribution in [-0.2, 0) is 12.8 Å². The van der Waals surface area contributed by atoms with Crippen molar-refractivity contribution in [2.24, 2.45) is 0 Å². The van der Waals surface area contributed by atoms with E-state index in [0.717, 1.165) is 23.7 Å². The van der Waals surface area contributed by atoms with Crippen LogP contribution in [0.25, 0.3) is 0 Å². The smallest absolute Gasteiger partial charge is 0.0376 e. The summed E-state index contributed by atoms with van der Waals surface area (Å²) in [6.45, 7) is 0. The largest absolute Gasteiger partial charge is 0.149 e. The molecule has 0 radical (unpaired) electrons. The van der Waals surface area contributed by atoms with Gasteiger partial charge in [0.1, 0.15) is 0 Å². The minimum atomic E-state index is 0.235. The van der Waals surface area contributed by atoms with Crippen molar-refractivity contribution >= 4 is 38.9 Å². The summed E-state index contributed by atoms with van der Waals surface area (Å²) >= 11 is 11.7. The number of hydrogen-bond donors (Lipinski definition) is 0. The maximum Gasteiger partial charge on any atom is 0.0376 e. The Labute approximate surface area is 126 Å². The highest BCUT2D eigenvalue weighted by molar-refractivity contribution is 9.10. The van der Waals surface area contributed by atoms with Gasteiger partial charge in [-0.1, -0.05) is 34.1 Å². The van der Waals surface area contributed by atoms with Crippen molar-refractivity contribution in [1.82, 2.24) is 0 Å². The fourth-order valence-electron chi connectivity index (χ4n) is 1.97. The van der Waals surface area contributed by atoms with Crippen LogP contribution in [0.3, 0.4) is 0 Å². The van der Waals surface area contributed by atoms with Crippen LogP contribution in [0.2, 0.25) is 0 Å². The summed E-state index contributed by atoms with van der Waals surface area (Å²) in [5, 5.41) is 2.37. The monoisotopic (exact) mass is 342 g/mol. The van der Waals surface area contributed by atoms with Gasteiger partial charge in [-0.2, -0.15) is 0 Å². The second-order valence-corrected chi connectivity index (χ2v) is 6.97. The van der Waals surface area contributed by atoms with Crippen molar-refractivity contribution in [2.45, 2.75) is 31.1 Å². The lowest BCUT2D eigenvalue weighted by Crippen LogP contribution is -2.03. The summed E-state index contributed by atoms with van der Waals surface area (Å²) in [4.78, 5) is 1.46. The zero-order valence-electron chi connectivity index (χ0n) is 10.1. The van der Waals surface area contributed by atoms with Crippen molar-refractivity contribution in [3.63, 3.8) is 0 Å². The average molecular weight is 344 g/mol. The summed E-state index contributed by atoms with van der Waals surface area (Å²) in [6.07, 6.45) is 4.35. The molecule has 0 aliphatic rings. The number of aryl methyl sites for hydroxylation is 1. The van der Waals surface area contributed by atoms with Gasteiger partial charge in [0.25, 0.3) is 0 Å². The molecule has 3 heteroatoms. The molecule has 0 spiro atoms. The van der Waals surface area contributed by atoms with Crippen LogP contribution in [0.4, 0.5) is 0 Å². The fraction of sp³-hybridized carbons (Fsp3) is 0.333. The number of benzene rings is 1. The molecule has 1 heterocycles. The Morgan fingerprint density at radius 3 is 2.83 bits per heavy atom. The van der Waals surface area contributed by atoms with E-state index < -0.39 is 0 Å². The van der Waals surface area contributed by atoms with E-state index in [9.17, 15) is 0 Å². The summed E-state index contributed by atoms with van der Waals surface area (Å²) in [6, 6.07) is 12.7. The first kappa shape index (κ1) is 14.1. The van der Waals surface area contributed by atoms with Crippen LogP contribution in [0.1, 0.15) is 23.3 Å². The van der Waals surface area contributed by atoms with Crippen LogP contribution in [0.15, 0.2) is 46.3 Å². The zero-order chi connectivity index (χ0) is 12.8. The molecular formula is C15H16BrClS. The van der Waals surface area contributed by atoms with Crippen molar-refractivity contribution in [3.05, 3.63) is 56.7 Å². The maximum absolute atomic E-state index is 6.40. The molecule has 1 aromatic heterocycles. The standard InChI is InChI=1S/C15H16BrClS/c16-13-5-1-4-12(10-13)11-14(17)6-2-7-15-8-3-9-18-15/h1,3-5,8-10,14H,2,6-7,11H2. The lowest BCUT2D eigenvalue weighted by Gasteiger charge is -2.09. The van der Waals surface area contributed by atoms with Crippen LogP contribution >= 0.6 is 38.9 Å². The fourth-order valence-corrected chi connectivity index (χ4v) is 3.50. The molecule has 96 valence electrons. The molecule has 18 heavy (non-hydrogen) atoms. The van der Waals surface area contributed by atoms with Crippen LogP contribution < -0.4 is 0 Å². The van der Waals surface area contributed by atoms with Gasteiger partial charge in [-0.3, -0.25) is 0 Å². The molecule has 2 aromatic rings. The van der Waals surface area contributed by atoms with Gasteiger partial charge in [-0.05, 0) is 54.8 Å².